The Morgan fingerprint density at radius 1 is 1.21 bits per heavy atom. The van der Waals surface area contributed by atoms with E-state index in [1.165, 1.54) is 0 Å². The van der Waals surface area contributed by atoms with Crippen LogP contribution in [-0.2, 0) is 15.0 Å². The van der Waals surface area contributed by atoms with Crippen molar-refractivity contribution in [1.82, 2.24) is 9.71 Å². The number of nitrogens with one attached hydrogen (secondary N) is 1. The highest BCUT2D eigenvalue weighted by molar-refractivity contribution is 7.92. The molecule has 9 nitrogen and oxygen atoms in total. The largest absolute Gasteiger partial charge is 0.490 e. The number of ether oxygens (including phenoxy) is 2. The number of aliphatic hydroxyl groups is 1. The molecule has 2 heterocycles. The number of anilines is 1. The number of hydrogen-bond donors (Lipinski definition) is 2. The highest BCUT2D eigenvalue weighted by atomic mass is 32.2. The zero-order valence-electron chi connectivity index (χ0n) is 22.5. The van der Waals surface area contributed by atoms with E-state index in [0.717, 1.165) is 39.6 Å². The van der Waals surface area contributed by atoms with Crippen LogP contribution in [0.1, 0.15) is 50.8 Å². The first-order chi connectivity index (χ1) is 18.4. The summed E-state index contributed by atoms with van der Waals surface area (Å²) in [5.74, 6) is 0.583. The SMILES string of the molecule is C=C1CC[C@@H](Oc2ccc(N3CC(=O)NS3(=O)=O)cc2)C/C=C\C=C1c1ccc(OCCC(C)(C)O)nc1C. The van der Waals surface area contributed by atoms with E-state index in [4.69, 9.17) is 9.47 Å². The standard InChI is InChI=1S/C29H35N3O6S/c1-20-9-12-23(38-24-13-10-22(11-14-24)32-19-27(33)31-39(32,35)36)7-5-6-8-25(20)26-15-16-28(30-21(26)2)37-18-17-29(3,4)34/h5-6,8,10-11,13-16,23,34H,1,7,9,12,17-19H2,2-4H3,(H,31,33)/b6-5-,25-8?/t23-/m0/s1. The number of pyridine rings is 1. The molecule has 1 aliphatic carbocycles. The molecule has 0 bridgehead atoms. The van der Waals surface area contributed by atoms with Gasteiger partial charge in [-0.3, -0.25) is 4.79 Å². The Morgan fingerprint density at radius 3 is 2.59 bits per heavy atom. The lowest BCUT2D eigenvalue weighted by Crippen LogP contribution is -2.29. The van der Waals surface area contributed by atoms with Gasteiger partial charge in [-0.1, -0.05) is 24.8 Å². The van der Waals surface area contributed by atoms with E-state index in [-0.39, 0.29) is 12.6 Å². The third-order valence-electron chi connectivity index (χ3n) is 6.51. The van der Waals surface area contributed by atoms with Crippen molar-refractivity contribution in [2.24, 2.45) is 0 Å². The molecule has 1 fully saturated rings. The van der Waals surface area contributed by atoms with Gasteiger partial charge in [0.1, 0.15) is 18.4 Å². The van der Waals surface area contributed by atoms with Gasteiger partial charge in [0.2, 0.25) is 5.88 Å². The Kier molecular flexibility index (Phi) is 8.46. The van der Waals surface area contributed by atoms with Crippen molar-refractivity contribution in [3.63, 3.8) is 0 Å². The van der Waals surface area contributed by atoms with Gasteiger partial charge < -0.3 is 14.6 Å². The summed E-state index contributed by atoms with van der Waals surface area (Å²) in [4.78, 5) is 16.1. The Bertz CT molecular complexity index is 1390. The van der Waals surface area contributed by atoms with E-state index >= 15 is 0 Å². The summed E-state index contributed by atoms with van der Waals surface area (Å²) in [6, 6.07) is 10.5. The lowest BCUT2D eigenvalue weighted by atomic mass is 9.94. The maximum Gasteiger partial charge on any atom is 0.326 e. The summed E-state index contributed by atoms with van der Waals surface area (Å²) in [6.45, 7) is 9.92. The summed E-state index contributed by atoms with van der Waals surface area (Å²) in [7, 11) is -3.84. The molecule has 1 amide bonds. The number of amides is 1. The van der Waals surface area contributed by atoms with Gasteiger partial charge in [-0.15, -0.1) is 0 Å². The molecule has 1 aromatic carbocycles. The predicted molar refractivity (Wildman–Crippen MR) is 151 cm³/mol. The van der Waals surface area contributed by atoms with Crippen molar-refractivity contribution in [2.75, 3.05) is 17.5 Å². The fourth-order valence-corrected chi connectivity index (χ4v) is 5.50. The van der Waals surface area contributed by atoms with Crippen LogP contribution < -0.4 is 18.5 Å². The average Bonchev–Trinajstić information content (AvgIpc) is 3.17. The molecule has 2 N–H and O–H groups in total. The van der Waals surface area contributed by atoms with Crippen molar-refractivity contribution in [2.45, 2.75) is 58.2 Å². The molecule has 0 radical (unpaired) electrons. The second-order valence-corrected chi connectivity index (χ2v) is 11.9. The summed E-state index contributed by atoms with van der Waals surface area (Å²) in [5.41, 5.74) is 3.42. The van der Waals surface area contributed by atoms with Crippen LogP contribution in [0.4, 0.5) is 5.69 Å². The van der Waals surface area contributed by atoms with Crippen LogP contribution in [0.2, 0.25) is 0 Å². The molecule has 0 spiro atoms. The molecule has 2 aromatic rings. The Balaban J connectivity index is 1.38. The number of hydrogen-bond acceptors (Lipinski definition) is 7. The quantitative estimate of drug-likeness (QED) is 0.502. The van der Waals surface area contributed by atoms with Crippen molar-refractivity contribution >= 4 is 27.4 Å². The minimum absolute atomic E-state index is 0.0962. The third-order valence-corrected chi connectivity index (χ3v) is 7.91. The zero-order chi connectivity index (χ0) is 28.2. The van der Waals surface area contributed by atoms with Crippen LogP contribution in [-0.4, -0.2) is 49.3 Å². The normalized spacial score (nSPS) is 20.4. The van der Waals surface area contributed by atoms with Crippen LogP contribution in [0.25, 0.3) is 5.57 Å². The maximum absolute atomic E-state index is 12.1. The topological polar surface area (TPSA) is 118 Å². The Hall–Kier alpha value is -3.63. The van der Waals surface area contributed by atoms with Crippen molar-refractivity contribution in [3.05, 3.63) is 78.0 Å². The van der Waals surface area contributed by atoms with Crippen LogP contribution in [0, 0.1) is 6.92 Å². The molecule has 1 aliphatic heterocycles. The van der Waals surface area contributed by atoms with Crippen LogP contribution in [0.3, 0.4) is 0 Å². The summed E-state index contributed by atoms with van der Waals surface area (Å²) >= 11 is 0. The maximum atomic E-state index is 12.1. The number of carbonyl (C=O) groups is 1. The first kappa shape index (κ1) is 28.4. The molecule has 1 saturated heterocycles. The van der Waals surface area contributed by atoms with Crippen molar-refractivity contribution in [3.8, 4) is 11.6 Å². The van der Waals surface area contributed by atoms with Gasteiger partial charge in [0, 0.05) is 30.2 Å². The first-order valence-electron chi connectivity index (χ1n) is 12.9. The van der Waals surface area contributed by atoms with E-state index in [1.54, 1.807) is 38.1 Å². The monoisotopic (exact) mass is 553 g/mol. The Labute approximate surface area is 230 Å². The molecule has 1 atom stereocenters. The molecule has 4 rings (SSSR count). The van der Waals surface area contributed by atoms with Gasteiger partial charge in [0.15, 0.2) is 0 Å². The van der Waals surface area contributed by atoms with Crippen molar-refractivity contribution in [1.29, 1.82) is 0 Å². The predicted octanol–water partition coefficient (Wildman–Crippen LogP) is 4.24. The number of benzene rings is 1. The number of allylic oxidation sites excluding steroid dienone is 4. The molecule has 0 saturated carbocycles. The molecular weight excluding hydrogens is 518 g/mol. The third kappa shape index (κ3) is 7.48. The van der Waals surface area contributed by atoms with Gasteiger partial charge in [-0.2, -0.15) is 8.42 Å². The second-order valence-electron chi connectivity index (χ2n) is 10.4. The summed E-state index contributed by atoms with van der Waals surface area (Å²) in [6.07, 6.45) is 8.68. The number of aryl methyl sites for hydroxylation is 1. The van der Waals surface area contributed by atoms with Crippen LogP contribution in [0.5, 0.6) is 11.6 Å². The first-order valence-corrected chi connectivity index (χ1v) is 14.3. The van der Waals surface area contributed by atoms with E-state index < -0.39 is 21.7 Å². The van der Waals surface area contributed by atoms with Gasteiger partial charge in [0.05, 0.1) is 17.9 Å². The molecular formula is C29H35N3O6S. The number of nitrogens with zero attached hydrogens (tertiary/aromatic N) is 2. The Morgan fingerprint density at radius 2 is 1.95 bits per heavy atom. The van der Waals surface area contributed by atoms with Crippen LogP contribution in [0.15, 0.2) is 66.8 Å². The smallest absolute Gasteiger partial charge is 0.326 e. The number of rotatable bonds is 8. The van der Waals surface area contributed by atoms with Gasteiger partial charge in [0.25, 0.3) is 5.91 Å². The number of aromatic nitrogens is 1. The molecule has 1 aromatic heterocycles. The van der Waals surface area contributed by atoms with Gasteiger partial charge in [-0.25, -0.2) is 14.0 Å². The van der Waals surface area contributed by atoms with Crippen LogP contribution >= 0.6 is 0 Å². The van der Waals surface area contributed by atoms with E-state index in [9.17, 15) is 18.3 Å². The van der Waals surface area contributed by atoms with Gasteiger partial charge >= 0.3 is 10.2 Å². The van der Waals surface area contributed by atoms with E-state index in [2.05, 4.69) is 17.6 Å². The highest BCUT2D eigenvalue weighted by Gasteiger charge is 2.33. The fourth-order valence-electron chi connectivity index (χ4n) is 4.36. The molecule has 10 heteroatoms. The lowest BCUT2D eigenvalue weighted by Gasteiger charge is -2.20. The fraction of sp³-hybridized carbons (Fsp3) is 0.379. The molecule has 208 valence electrons. The minimum Gasteiger partial charge on any atom is -0.490 e. The molecule has 2 aliphatic rings. The summed E-state index contributed by atoms with van der Waals surface area (Å²) < 4.78 is 39.1. The summed E-state index contributed by atoms with van der Waals surface area (Å²) in [5, 5.41) is 9.88. The second kappa shape index (κ2) is 11.6. The minimum atomic E-state index is -3.84. The lowest BCUT2D eigenvalue weighted by molar-refractivity contribution is -0.117. The zero-order valence-corrected chi connectivity index (χ0v) is 23.3. The average molecular weight is 554 g/mol. The van der Waals surface area contributed by atoms with E-state index in [0.29, 0.717) is 36.8 Å². The number of carbonyl (C=O) groups excluding carboxylic acids is 1. The molecule has 39 heavy (non-hydrogen) atoms. The van der Waals surface area contributed by atoms with Crippen molar-refractivity contribution < 1.29 is 27.8 Å². The molecule has 0 unspecified atom stereocenters. The van der Waals surface area contributed by atoms with E-state index in [1.807, 2.05) is 35.9 Å². The van der Waals surface area contributed by atoms with Gasteiger partial charge in [-0.05, 0) is 75.1 Å². The highest BCUT2D eigenvalue weighted by Crippen LogP contribution is 2.31.